The SMILES string of the molecule is Cc1nc(-c2cccc(N(C)N=O)c2)sc1C=O. The second-order valence-electron chi connectivity index (χ2n) is 3.74. The van der Waals surface area contributed by atoms with E-state index in [1.165, 1.54) is 16.3 Å². The summed E-state index contributed by atoms with van der Waals surface area (Å²) in [6, 6.07) is 7.30. The van der Waals surface area contributed by atoms with Gasteiger partial charge in [-0.25, -0.2) is 9.99 Å². The number of aldehydes is 1. The number of thiazole rings is 1. The lowest BCUT2D eigenvalue weighted by molar-refractivity contribution is 0.112. The molecule has 0 saturated heterocycles. The lowest BCUT2D eigenvalue weighted by Crippen LogP contribution is -2.06. The molecule has 2 rings (SSSR count). The van der Waals surface area contributed by atoms with Crippen molar-refractivity contribution in [3.8, 4) is 10.6 Å². The number of anilines is 1. The summed E-state index contributed by atoms with van der Waals surface area (Å²) in [6.45, 7) is 1.80. The van der Waals surface area contributed by atoms with Gasteiger partial charge in [-0.05, 0) is 19.1 Å². The maximum absolute atomic E-state index is 10.8. The second-order valence-corrected chi connectivity index (χ2v) is 4.77. The molecular weight excluding hydrogens is 250 g/mol. The molecule has 0 N–H and O–H groups in total. The number of benzene rings is 1. The third kappa shape index (κ3) is 2.28. The zero-order chi connectivity index (χ0) is 13.1. The van der Waals surface area contributed by atoms with Crippen LogP contribution in [0.4, 0.5) is 5.69 Å². The van der Waals surface area contributed by atoms with Crippen LogP contribution in [-0.4, -0.2) is 18.3 Å². The topological polar surface area (TPSA) is 62.6 Å². The van der Waals surface area contributed by atoms with Crippen molar-refractivity contribution in [1.82, 2.24) is 4.98 Å². The van der Waals surface area contributed by atoms with E-state index in [-0.39, 0.29) is 0 Å². The zero-order valence-corrected chi connectivity index (χ0v) is 10.8. The molecule has 0 amide bonds. The van der Waals surface area contributed by atoms with E-state index in [1.54, 1.807) is 20.0 Å². The lowest BCUT2D eigenvalue weighted by atomic mass is 10.2. The first-order chi connectivity index (χ1) is 8.65. The Morgan fingerprint density at radius 3 is 2.83 bits per heavy atom. The molecule has 0 radical (unpaired) electrons. The normalized spacial score (nSPS) is 10.1. The van der Waals surface area contributed by atoms with Gasteiger partial charge in [0.2, 0.25) is 0 Å². The second kappa shape index (κ2) is 5.05. The minimum atomic E-state index is 0.622. The van der Waals surface area contributed by atoms with Crippen LogP contribution in [-0.2, 0) is 0 Å². The van der Waals surface area contributed by atoms with Gasteiger partial charge in [-0.3, -0.25) is 4.79 Å². The predicted molar refractivity (Wildman–Crippen MR) is 71.9 cm³/mol. The molecule has 5 nitrogen and oxygen atoms in total. The minimum Gasteiger partial charge on any atom is -0.297 e. The molecule has 0 fully saturated rings. The van der Waals surface area contributed by atoms with Gasteiger partial charge in [-0.15, -0.1) is 16.2 Å². The molecule has 0 saturated carbocycles. The number of carbonyl (C=O) groups excluding carboxylic acids is 1. The smallest absolute Gasteiger partial charge is 0.161 e. The standard InChI is InChI=1S/C12H11N3O2S/c1-8-11(7-16)18-12(13-8)9-4-3-5-10(6-9)15(2)14-17/h3-7H,1-2H3. The maximum Gasteiger partial charge on any atom is 0.161 e. The van der Waals surface area contributed by atoms with Crippen LogP contribution in [0.5, 0.6) is 0 Å². The third-order valence-corrected chi connectivity index (χ3v) is 3.66. The van der Waals surface area contributed by atoms with Gasteiger partial charge >= 0.3 is 0 Å². The lowest BCUT2D eigenvalue weighted by Gasteiger charge is -2.08. The van der Waals surface area contributed by atoms with Gasteiger partial charge in [0.15, 0.2) is 6.29 Å². The van der Waals surface area contributed by atoms with E-state index in [2.05, 4.69) is 10.3 Å². The summed E-state index contributed by atoms with van der Waals surface area (Å²) >= 11 is 1.33. The first-order valence-corrected chi connectivity index (χ1v) is 6.07. The van der Waals surface area contributed by atoms with Crippen LogP contribution >= 0.6 is 11.3 Å². The number of rotatable bonds is 4. The monoisotopic (exact) mass is 261 g/mol. The third-order valence-electron chi connectivity index (χ3n) is 2.53. The summed E-state index contributed by atoms with van der Waals surface area (Å²) in [5, 5.41) is 4.84. The van der Waals surface area contributed by atoms with Gasteiger partial charge in [0.1, 0.15) is 5.01 Å². The van der Waals surface area contributed by atoms with Crippen molar-refractivity contribution in [2.75, 3.05) is 12.1 Å². The van der Waals surface area contributed by atoms with E-state index in [0.29, 0.717) is 10.6 Å². The van der Waals surface area contributed by atoms with Crippen molar-refractivity contribution in [2.24, 2.45) is 5.29 Å². The molecule has 0 bridgehead atoms. The Morgan fingerprint density at radius 2 is 2.22 bits per heavy atom. The van der Waals surface area contributed by atoms with E-state index in [1.807, 2.05) is 18.2 Å². The molecule has 1 aromatic heterocycles. The Hall–Kier alpha value is -2.08. The van der Waals surface area contributed by atoms with Crippen molar-refractivity contribution in [3.05, 3.63) is 39.7 Å². The van der Waals surface area contributed by atoms with Gasteiger partial charge in [0, 0.05) is 12.6 Å². The number of carbonyl (C=O) groups is 1. The average molecular weight is 261 g/mol. The van der Waals surface area contributed by atoms with Crippen LogP contribution in [0.2, 0.25) is 0 Å². The van der Waals surface area contributed by atoms with Crippen LogP contribution in [0.3, 0.4) is 0 Å². The number of nitrogens with zero attached hydrogens (tertiary/aromatic N) is 3. The molecule has 1 heterocycles. The molecule has 0 atom stereocenters. The Labute approximate surface area is 108 Å². The summed E-state index contributed by atoms with van der Waals surface area (Å²) in [5.41, 5.74) is 2.27. The molecule has 0 aliphatic rings. The van der Waals surface area contributed by atoms with Gasteiger partial charge in [0.05, 0.1) is 21.5 Å². The highest BCUT2D eigenvalue weighted by atomic mass is 32.1. The average Bonchev–Trinajstić information content (AvgIpc) is 2.79. The molecule has 2 aromatic rings. The number of hydrogen-bond donors (Lipinski definition) is 0. The fraction of sp³-hybridized carbons (Fsp3) is 0.167. The van der Waals surface area contributed by atoms with Crippen LogP contribution in [0, 0.1) is 11.8 Å². The molecule has 18 heavy (non-hydrogen) atoms. The minimum absolute atomic E-state index is 0.622. The van der Waals surface area contributed by atoms with Crippen molar-refractivity contribution >= 4 is 23.3 Å². The van der Waals surface area contributed by atoms with Crippen LogP contribution in [0.15, 0.2) is 29.6 Å². The quantitative estimate of drug-likeness (QED) is 0.482. The summed E-state index contributed by atoms with van der Waals surface area (Å²) in [7, 11) is 1.58. The Balaban J connectivity index is 2.43. The fourth-order valence-corrected chi connectivity index (χ4v) is 2.41. The molecule has 92 valence electrons. The molecule has 0 spiro atoms. The number of hydrogen-bond acceptors (Lipinski definition) is 5. The number of aryl methyl sites for hydroxylation is 1. The highest BCUT2D eigenvalue weighted by Crippen LogP contribution is 2.29. The summed E-state index contributed by atoms with van der Waals surface area (Å²) in [6.07, 6.45) is 0.805. The van der Waals surface area contributed by atoms with Crippen LogP contribution in [0.1, 0.15) is 15.4 Å². The first-order valence-electron chi connectivity index (χ1n) is 5.25. The Bertz CT molecular complexity index is 595. The van der Waals surface area contributed by atoms with E-state index < -0.39 is 0 Å². The van der Waals surface area contributed by atoms with Gasteiger partial charge in [0.25, 0.3) is 0 Å². The molecule has 6 heteroatoms. The van der Waals surface area contributed by atoms with Gasteiger partial charge < -0.3 is 0 Å². The predicted octanol–water partition coefficient (Wildman–Crippen LogP) is 3.05. The van der Waals surface area contributed by atoms with E-state index >= 15 is 0 Å². The van der Waals surface area contributed by atoms with Crippen molar-refractivity contribution < 1.29 is 4.79 Å². The van der Waals surface area contributed by atoms with Gasteiger partial charge in [-0.1, -0.05) is 12.1 Å². The highest BCUT2D eigenvalue weighted by molar-refractivity contribution is 7.16. The van der Waals surface area contributed by atoms with E-state index in [0.717, 1.165) is 22.6 Å². The van der Waals surface area contributed by atoms with Crippen LogP contribution in [0.25, 0.3) is 10.6 Å². The zero-order valence-electron chi connectivity index (χ0n) is 9.95. The molecule has 0 aliphatic carbocycles. The molecule has 0 unspecified atom stereocenters. The van der Waals surface area contributed by atoms with Crippen LogP contribution < -0.4 is 5.01 Å². The van der Waals surface area contributed by atoms with Crippen molar-refractivity contribution in [1.29, 1.82) is 0 Å². The summed E-state index contributed by atoms with van der Waals surface area (Å²) in [5.74, 6) is 0. The Morgan fingerprint density at radius 1 is 1.44 bits per heavy atom. The number of nitroso groups, excluding NO2 is 1. The highest BCUT2D eigenvalue weighted by Gasteiger charge is 2.10. The largest absolute Gasteiger partial charge is 0.297 e. The molecular formula is C12H11N3O2S. The Kier molecular flexibility index (Phi) is 3.47. The van der Waals surface area contributed by atoms with Gasteiger partial charge in [-0.2, -0.15) is 0 Å². The van der Waals surface area contributed by atoms with E-state index in [9.17, 15) is 9.70 Å². The summed E-state index contributed by atoms with van der Waals surface area (Å²) in [4.78, 5) is 26.2. The maximum atomic E-state index is 10.8. The molecule has 0 aliphatic heterocycles. The first kappa shape index (κ1) is 12.4. The van der Waals surface area contributed by atoms with Crippen molar-refractivity contribution in [2.45, 2.75) is 6.92 Å². The molecule has 1 aromatic carbocycles. The fourth-order valence-electron chi connectivity index (χ4n) is 1.53. The van der Waals surface area contributed by atoms with Crippen molar-refractivity contribution in [3.63, 3.8) is 0 Å². The summed E-state index contributed by atoms with van der Waals surface area (Å²) < 4.78 is 0. The van der Waals surface area contributed by atoms with E-state index in [4.69, 9.17) is 0 Å². The number of aromatic nitrogens is 1.